The van der Waals surface area contributed by atoms with E-state index in [4.69, 9.17) is 9.47 Å². The number of hydrogen-bond acceptors (Lipinski definition) is 5. The second-order valence-corrected chi connectivity index (χ2v) is 5.46. The van der Waals surface area contributed by atoms with E-state index >= 15 is 0 Å². The molecule has 1 aromatic rings. The Hall–Kier alpha value is -0.720. The highest BCUT2D eigenvalue weighted by molar-refractivity contribution is 9.10. The van der Waals surface area contributed by atoms with Gasteiger partial charge in [0.15, 0.2) is 5.82 Å². The van der Waals surface area contributed by atoms with Crippen LogP contribution < -0.4 is 5.32 Å². The van der Waals surface area contributed by atoms with E-state index in [0.29, 0.717) is 6.61 Å². The molecule has 2 unspecified atom stereocenters. The third-order valence-electron chi connectivity index (χ3n) is 3.08. The van der Waals surface area contributed by atoms with Crippen LogP contribution in [0.15, 0.2) is 4.47 Å². The predicted molar refractivity (Wildman–Crippen MR) is 77.1 cm³/mol. The quantitative estimate of drug-likeness (QED) is 0.899. The molecular weight excluding hydrogens is 310 g/mol. The molecule has 19 heavy (non-hydrogen) atoms. The second kappa shape index (κ2) is 6.63. The smallest absolute Gasteiger partial charge is 0.159 e. The molecule has 1 fully saturated rings. The summed E-state index contributed by atoms with van der Waals surface area (Å²) in [5.74, 6) is 1.55. The van der Waals surface area contributed by atoms with Gasteiger partial charge in [0.2, 0.25) is 0 Å². The fourth-order valence-corrected chi connectivity index (χ4v) is 2.60. The molecule has 2 rings (SSSR count). The Labute approximate surface area is 122 Å². The molecule has 0 spiro atoms. The van der Waals surface area contributed by atoms with Crippen molar-refractivity contribution in [2.24, 2.45) is 0 Å². The largest absolute Gasteiger partial charge is 0.378 e. The highest BCUT2D eigenvalue weighted by atomic mass is 79.9. The standard InChI is InChI=1S/C13H20BrN3O2/c1-4-15-13-11(14)9(7-18-3)16-12(17-13)10-6-5-8(2)19-10/h8,10H,4-7H2,1-3H3,(H,15,16,17). The molecule has 1 aliphatic rings. The number of aromatic nitrogens is 2. The maximum Gasteiger partial charge on any atom is 0.159 e. The van der Waals surface area contributed by atoms with Crippen LogP contribution in [0.3, 0.4) is 0 Å². The van der Waals surface area contributed by atoms with E-state index in [-0.39, 0.29) is 12.2 Å². The average molecular weight is 330 g/mol. The number of ether oxygens (including phenoxy) is 2. The number of rotatable bonds is 5. The minimum Gasteiger partial charge on any atom is -0.378 e. The fourth-order valence-electron chi connectivity index (χ4n) is 2.17. The fraction of sp³-hybridized carbons (Fsp3) is 0.692. The lowest BCUT2D eigenvalue weighted by molar-refractivity contribution is 0.0499. The van der Waals surface area contributed by atoms with Gasteiger partial charge in [0, 0.05) is 13.7 Å². The molecular formula is C13H20BrN3O2. The molecule has 0 aliphatic carbocycles. The molecule has 6 heteroatoms. The Bertz CT molecular complexity index is 415. The van der Waals surface area contributed by atoms with Crippen molar-refractivity contribution in [2.75, 3.05) is 19.0 Å². The summed E-state index contributed by atoms with van der Waals surface area (Å²) in [7, 11) is 1.66. The van der Waals surface area contributed by atoms with Gasteiger partial charge in [-0.25, -0.2) is 9.97 Å². The SMILES string of the molecule is CCNc1nc(C2CCC(C)O2)nc(COC)c1Br. The van der Waals surface area contributed by atoms with Crippen LogP contribution in [0.1, 0.15) is 44.3 Å². The van der Waals surface area contributed by atoms with Crippen molar-refractivity contribution in [1.82, 2.24) is 9.97 Å². The van der Waals surface area contributed by atoms with Gasteiger partial charge in [-0.05, 0) is 42.6 Å². The molecule has 2 heterocycles. The van der Waals surface area contributed by atoms with Gasteiger partial charge < -0.3 is 14.8 Å². The molecule has 106 valence electrons. The van der Waals surface area contributed by atoms with E-state index in [9.17, 15) is 0 Å². The van der Waals surface area contributed by atoms with Gasteiger partial charge in [-0.15, -0.1) is 0 Å². The van der Waals surface area contributed by atoms with Crippen molar-refractivity contribution in [3.8, 4) is 0 Å². The summed E-state index contributed by atoms with van der Waals surface area (Å²) < 4.78 is 11.9. The van der Waals surface area contributed by atoms with Crippen LogP contribution in [0.2, 0.25) is 0 Å². The summed E-state index contributed by atoms with van der Waals surface area (Å²) in [6, 6.07) is 0. The zero-order valence-corrected chi connectivity index (χ0v) is 13.2. The van der Waals surface area contributed by atoms with E-state index in [1.54, 1.807) is 7.11 Å². The normalized spacial score (nSPS) is 22.7. The Morgan fingerprint density at radius 3 is 2.79 bits per heavy atom. The molecule has 0 saturated carbocycles. The molecule has 1 aliphatic heterocycles. The molecule has 0 aromatic carbocycles. The minimum absolute atomic E-state index is 0.00360. The predicted octanol–water partition coefficient (Wildman–Crippen LogP) is 3.06. The van der Waals surface area contributed by atoms with Crippen LogP contribution in [-0.2, 0) is 16.1 Å². The number of hydrogen-bond donors (Lipinski definition) is 1. The van der Waals surface area contributed by atoms with Gasteiger partial charge in [-0.2, -0.15) is 0 Å². The Morgan fingerprint density at radius 1 is 1.42 bits per heavy atom. The molecule has 1 aromatic heterocycles. The number of nitrogens with one attached hydrogen (secondary N) is 1. The van der Waals surface area contributed by atoms with Gasteiger partial charge in [-0.3, -0.25) is 0 Å². The third-order valence-corrected chi connectivity index (χ3v) is 3.92. The van der Waals surface area contributed by atoms with Gasteiger partial charge in [0.1, 0.15) is 11.9 Å². The number of anilines is 1. The number of methoxy groups -OCH3 is 1. The Morgan fingerprint density at radius 2 is 2.21 bits per heavy atom. The van der Waals surface area contributed by atoms with Crippen LogP contribution in [0, 0.1) is 0 Å². The number of halogens is 1. The van der Waals surface area contributed by atoms with Crippen molar-refractivity contribution < 1.29 is 9.47 Å². The first-order valence-corrected chi connectivity index (χ1v) is 7.39. The van der Waals surface area contributed by atoms with Crippen LogP contribution >= 0.6 is 15.9 Å². The summed E-state index contributed by atoms with van der Waals surface area (Å²) >= 11 is 3.53. The first kappa shape index (κ1) is 14.7. The first-order chi connectivity index (χ1) is 9.15. The maximum atomic E-state index is 5.84. The monoisotopic (exact) mass is 329 g/mol. The summed E-state index contributed by atoms with van der Waals surface area (Å²) in [5, 5.41) is 3.24. The van der Waals surface area contributed by atoms with E-state index in [0.717, 1.165) is 41.2 Å². The van der Waals surface area contributed by atoms with E-state index in [1.807, 2.05) is 6.92 Å². The van der Waals surface area contributed by atoms with E-state index < -0.39 is 0 Å². The topological polar surface area (TPSA) is 56.3 Å². The molecule has 1 saturated heterocycles. The molecule has 1 N–H and O–H groups in total. The summed E-state index contributed by atoms with van der Waals surface area (Å²) in [6.07, 6.45) is 2.31. The van der Waals surface area contributed by atoms with Crippen LogP contribution in [0.25, 0.3) is 0 Å². The van der Waals surface area contributed by atoms with Crippen LogP contribution in [0.4, 0.5) is 5.82 Å². The maximum absolute atomic E-state index is 5.84. The van der Waals surface area contributed by atoms with Crippen molar-refractivity contribution in [2.45, 2.75) is 45.5 Å². The van der Waals surface area contributed by atoms with Crippen molar-refractivity contribution in [1.29, 1.82) is 0 Å². The Balaban J connectivity index is 2.32. The number of nitrogens with zero attached hydrogens (tertiary/aromatic N) is 2. The highest BCUT2D eigenvalue weighted by Gasteiger charge is 2.27. The molecule has 0 radical (unpaired) electrons. The van der Waals surface area contributed by atoms with Gasteiger partial charge in [0.25, 0.3) is 0 Å². The zero-order chi connectivity index (χ0) is 13.8. The van der Waals surface area contributed by atoms with Gasteiger partial charge >= 0.3 is 0 Å². The lowest BCUT2D eigenvalue weighted by Gasteiger charge is -2.15. The van der Waals surface area contributed by atoms with E-state index in [1.165, 1.54) is 0 Å². The summed E-state index contributed by atoms with van der Waals surface area (Å²) in [6.45, 7) is 5.39. The molecule has 0 bridgehead atoms. The molecule has 2 atom stereocenters. The van der Waals surface area contributed by atoms with Crippen LogP contribution in [0.5, 0.6) is 0 Å². The van der Waals surface area contributed by atoms with Crippen molar-refractivity contribution in [3.63, 3.8) is 0 Å². The van der Waals surface area contributed by atoms with Crippen molar-refractivity contribution >= 4 is 21.7 Å². The zero-order valence-electron chi connectivity index (χ0n) is 11.6. The highest BCUT2D eigenvalue weighted by Crippen LogP contribution is 2.33. The summed E-state index contributed by atoms with van der Waals surface area (Å²) in [4.78, 5) is 9.15. The molecule has 5 nitrogen and oxygen atoms in total. The molecule has 0 amide bonds. The third kappa shape index (κ3) is 3.43. The lowest BCUT2D eigenvalue weighted by Crippen LogP contribution is -2.12. The van der Waals surface area contributed by atoms with Crippen LogP contribution in [-0.4, -0.2) is 29.7 Å². The summed E-state index contributed by atoms with van der Waals surface area (Å²) in [5.41, 5.74) is 0.853. The second-order valence-electron chi connectivity index (χ2n) is 4.67. The van der Waals surface area contributed by atoms with Gasteiger partial charge in [0.05, 0.1) is 22.9 Å². The van der Waals surface area contributed by atoms with Gasteiger partial charge in [-0.1, -0.05) is 0 Å². The first-order valence-electron chi connectivity index (χ1n) is 6.60. The van der Waals surface area contributed by atoms with E-state index in [2.05, 4.69) is 38.1 Å². The lowest BCUT2D eigenvalue weighted by atomic mass is 10.2. The minimum atomic E-state index is -0.00360. The van der Waals surface area contributed by atoms with Crippen molar-refractivity contribution in [3.05, 3.63) is 16.0 Å². The average Bonchev–Trinajstić information content (AvgIpc) is 2.81. The Kier molecular flexibility index (Phi) is 5.13.